The van der Waals surface area contributed by atoms with Gasteiger partial charge >= 0.3 is 0 Å². The van der Waals surface area contributed by atoms with E-state index in [0.29, 0.717) is 22.9 Å². The molecule has 2 aromatic carbocycles. The highest BCUT2D eigenvalue weighted by molar-refractivity contribution is 7.92. The Morgan fingerprint density at radius 1 is 1.21 bits per heavy atom. The molecule has 1 aliphatic heterocycles. The number of methoxy groups -OCH3 is 1. The Morgan fingerprint density at radius 3 is 2.68 bits per heavy atom. The highest BCUT2D eigenvalue weighted by atomic mass is 32.2. The summed E-state index contributed by atoms with van der Waals surface area (Å²) in [5.41, 5.74) is 1.17. The first-order valence-electron chi connectivity index (χ1n) is 8.59. The molecular formula is C19H22N2O6S. The predicted octanol–water partition coefficient (Wildman–Crippen LogP) is 1.89. The van der Waals surface area contributed by atoms with Gasteiger partial charge in [0.2, 0.25) is 22.7 Å². The van der Waals surface area contributed by atoms with Gasteiger partial charge in [-0.2, -0.15) is 0 Å². The topological polar surface area (TPSA) is 94.2 Å². The average molecular weight is 406 g/mol. The van der Waals surface area contributed by atoms with Gasteiger partial charge in [-0.1, -0.05) is 12.1 Å². The average Bonchev–Trinajstić information content (AvgIpc) is 3.13. The fourth-order valence-electron chi connectivity index (χ4n) is 2.94. The molecule has 0 spiro atoms. The molecule has 0 aromatic heterocycles. The minimum absolute atomic E-state index is 0.173. The standard InChI is InChI=1S/C19H22N2O6S/c1-13(21(28(3,23)24)15-5-4-6-16(10-15)25-2)19(22)20-11-14-7-8-17-18(9-14)27-12-26-17/h4-10,13H,11-12H2,1-3H3,(H,20,22)/t13-/m0/s1. The summed E-state index contributed by atoms with van der Waals surface area (Å²) < 4.78 is 41.5. The summed E-state index contributed by atoms with van der Waals surface area (Å²) in [5.74, 6) is 1.35. The maximum atomic E-state index is 12.7. The number of amides is 1. The number of sulfonamides is 1. The molecule has 8 nitrogen and oxygen atoms in total. The largest absolute Gasteiger partial charge is 0.497 e. The normalized spacial score (nSPS) is 13.7. The fraction of sp³-hybridized carbons (Fsp3) is 0.316. The molecule has 150 valence electrons. The number of carbonyl (C=O) groups is 1. The van der Waals surface area contributed by atoms with Gasteiger partial charge in [0.15, 0.2) is 11.5 Å². The molecule has 28 heavy (non-hydrogen) atoms. The molecule has 0 bridgehead atoms. The number of anilines is 1. The van der Waals surface area contributed by atoms with Crippen LogP contribution < -0.4 is 23.8 Å². The molecule has 1 atom stereocenters. The molecule has 1 aliphatic rings. The highest BCUT2D eigenvalue weighted by Gasteiger charge is 2.29. The number of carbonyl (C=O) groups excluding carboxylic acids is 1. The summed E-state index contributed by atoms with van der Waals surface area (Å²) in [5, 5.41) is 2.77. The number of hydrogen-bond acceptors (Lipinski definition) is 6. The van der Waals surface area contributed by atoms with Crippen LogP contribution in [-0.4, -0.2) is 40.5 Å². The number of nitrogens with zero attached hydrogens (tertiary/aromatic N) is 1. The van der Waals surface area contributed by atoms with Crippen molar-refractivity contribution in [3.8, 4) is 17.2 Å². The predicted molar refractivity (Wildman–Crippen MR) is 104 cm³/mol. The maximum absolute atomic E-state index is 12.7. The van der Waals surface area contributed by atoms with Gasteiger partial charge in [0, 0.05) is 12.6 Å². The third kappa shape index (κ3) is 4.30. The summed E-state index contributed by atoms with van der Waals surface area (Å²) in [6.45, 7) is 1.94. The first-order valence-corrected chi connectivity index (χ1v) is 10.4. The molecule has 9 heteroatoms. The van der Waals surface area contributed by atoms with E-state index >= 15 is 0 Å². The van der Waals surface area contributed by atoms with Crippen LogP contribution in [0.25, 0.3) is 0 Å². The second-order valence-corrected chi connectivity index (χ2v) is 8.20. The lowest BCUT2D eigenvalue weighted by Gasteiger charge is -2.28. The highest BCUT2D eigenvalue weighted by Crippen LogP contribution is 2.32. The van der Waals surface area contributed by atoms with E-state index in [9.17, 15) is 13.2 Å². The summed E-state index contributed by atoms with van der Waals surface area (Å²) in [6.07, 6.45) is 1.06. The minimum Gasteiger partial charge on any atom is -0.497 e. The Bertz CT molecular complexity index is 976. The Balaban J connectivity index is 1.75. The smallest absolute Gasteiger partial charge is 0.243 e. The molecular weight excluding hydrogens is 384 g/mol. The van der Waals surface area contributed by atoms with E-state index in [4.69, 9.17) is 14.2 Å². The number of benzene rings is 2. The summed E-state index contributed by atoms with van der Waals surface area (Å²) in [7, 11) is -2.21. The van der Waals surface area contributed by atoms with Crippen molar-refractivity contribution in [1.29, 1.82) is 0 Å². The molecule has 0 radical (unpaired) electrons. The zero-order chi connectivity index (χ0) is 20.3. The summed E-state index contributed by atoms with van der Waals surface area (Å²) in [4.78, 5) is 12.7. The van der Waals surface area contributed by atoms with Crippen molar-refractivity contribution >= 4 is 21.6 Å². The monoisotopic (exact) mass is 406 g/mol. The van der Waals surface area contributed by atoms with Crippen molar-refractivity contribution in [3.63, 3.8) is 0 Å². The van der Waals surface area contributed by atoms with E-state index in [0.717, 1.165) is 16.1 Å². The van der Waals surface area contributed by atoms with E-state index in [1.807, 2.05) is 6.07 Å². The molecule has 0 fully saturated rings. The van der Waals surface area contributed by atoms with Crippen molar-refractivity contribution in [2.45, 2.75) is 19.5 Å². The number of hydrogen-bond donors (Lipinski definition) is 1. The Morgan fingerprint density at radius 2 is 1.96 bits per heavy atom. The molecule has 0 saturated carbocycles. The van der Waals surface area contributed by atoms with Gasteiger partial charge in [0.05, 0.1) is 19.1 Å². The van der Waals surface area contributed by atoms with Gasteiger partial charge in [-0.05, 0) is 36.8 Å². The van der Waals surface area contributed by atoms with E-state index < -0.39 is 22.0 Å². The van der Waals surface area contributed by atoms with Crippen LogP contribution in [0.2, 0.25) is 0 Å². The van der Waals surface area contributed by atoms with Crippen LogP contribution in [0.3, 0.4) is 0 Å². The third-order valence-electron chi connectivity index (χ3n) is 4.30. The third-order valence-corrected chi connectivity index (χ3v) is 5.54. The Hall–Kier alpha value is -2.94. The van der Waals surface area contributed by atoms with Crippen molar-refractivity contribution in [3.05, 3.63) is 48.0 Å². The van der Waals surface area contributed by atoms with E-state index in [1.165, 1.54) is 14.0 Å². The summed E-state index contributed by atoms with van der Waals surface area (Å²) in [6, 6.07) is 11.0. The summed E-state index contributed by atoms with van der Waals surface area (Å²) >= 11 is 0. The van der Waals surface area contributed by atoms with E-state index in [-0.39, 0.29) is 13.3 Å². The van der Waals surface area contributed by atoms with Crippen LogP contribution in [0.5, 0.6) is 17.2 Å². The first kappa shape index (κ1) is 19.8. The van der Waals surface area contributed by atoms with Gasteiger partial charge in [-0.25, -0.2) is 8.42 Å². The van der Waals surface area contributed by atoms with Gasteiger partial charge < -0.3 is 19.5 Å². The number of rotatable bonds is 7. The number of ether oxygens (including phenoxy) is 3. The van der Waals surface area contributed by atoms with Gasteiger partial charge in [0.1, 0.15) is 11.8 Å². The van der Waals surface area contributed by atoms with Crippen LogP contribution in [-0.2, 0) is 21.4 Å². The lowest BCUT2D eigenvalue weighted by Crippen LogP contribution is -2.47. The zero-order valence-electron chi connectivity index (χ0n) is 15.8. The minimum atomic E-state index is -3.70. The maximum Gasteiger partial charge on any atom is 0.243 e. The lowest BCUT2D eigenvalue weighted by atomic mass is 10.2. The zero-order valence-corrected chi connectivity index (χ0v) is 16.7. The molecule has 3 rings (SSSR count). The number of nitrogens with one attached hydrogen (secondary N) is 1. The first-order chi connectivity index (χ1) is 13.3. The molecule has 0 aliphatic carbocycles. The molecule has 0 saturated heterocycles. The SMILES string of the molecule is COc1cccc(N([C@@H](C)C(=O)NCc2ccc3c(c2)OCO3)S(C)(=O)=O)c1. The van der Waals surface area contributed by atoms with Gasteiger partial charge in [0.25, 0.3) is 0 Å². The van der Waals surface area contributed by atoms with E-state index in [2.05, 4.69) is 5.32 Å². The Kier molecular flexibility index (Phi) is 5.64. The molecule has 1 heterocycles. The van der Waals surface area contributed by atoms with Crippen LogP contribution in [0.1, 0.15) is 12.5 Å². The van der Waals surface area contributed by atoms with Crippen molar-refractivity contribution in [1.82, 2.24) is 5.32 Å². The van der Waals surface area contributed by atoms with Crippen LogP contribution in [0.15, 0.2) is 42.5 Å². The quantitative estimate of drug-likeness (QED) is 0.755. The van der Waals surface area contributed by atoms with Crippen LogP contribution in [0, 0.1) is 0 Å². The molecule has 1 amide bonds. The van der Waals surface area contributed by atoms with Crippen molar-refractivity contribution < 1.29 is 27.4 Å². The Labute approximate surface area is 164 Å². The second-order valence-electron chi connectivity index (χ2n) is 6.34. The number of fused-ring (bicyclic) bond motifs is 1. The molecule has 2 aromatic rings. The van der Waals surface area contributed by atoms with Gasteiger partial charge in [-0.15, -0.1) is 0 Å². The van der Waals surface area contributed by atoms with Crippen molar-refractivity contribution in [2.75, 3.05) is 24.5 Å². The van der Waals surface area contributed by atoms with Gasteiger partial charge in [-0.3, -0.25) is 9.10 Å². The van der Waals surface area contributed by atoms with E-state index in [1.54, 1.807) is 36.4 Å². The van der Waals surface area contributed by atoms with Crippen molar-refractivity contribution in [2.24, 2.45) is 0 Å². The fourth-order valence-corrected chi connectivity index (χ4v) is 4.11. The lowest BCUT2D eigenvalue weighted by molar-refractivity contribution is -0.122. The van der Waals surface area contributed by atoms with Crippen LogP contribution in [0.4, 0.5) is 5.69 Å². The second kappa shape index (κ2) is 7.97. The molecule has 0 unspecified atom stereocenters. The van der Waals surface area contributed by atoms with Crippen LogP contribution >= 0.6 is 0 Å². The molecule has 1 N–H and O–H groups in total.